The Labute approximate surface area is 243 Å². The van der Waals surface area contributed by atoms with Crippen LogP contribution < -0.4 is 5.32 Å². The summed E-state index contributed by atoms with van der Waals surface area (Å²) in [6.07, 6.45) is 0.460. The molecule has 1 amide bonds. The Hall–Kier alpha value is -3.20. The van der Waals surface area contributed by atoms with Crippen molar-refractivity contribution in [1.29, 1.82) is 0 Å². The lowest BCUT2D eigenvalue weighted by molar-refractivity contribution is -0.276. The fraction of sp³-hybridized carbons (Fsp3) is 0.290. The number of aliphatic hydroxyl groups is 1. The molecule has 0 radical (unpaired) electrons. The molecule has 2 N–H and O–H groups in total. The number of imidazole rings is 1. The molecule has 7 nitrogen and oxygen atoms in total. The lowest BCUT2D eigenvalue weighted by Crippen LogP contribution is -2.39. The smallest absolute Gasteiger partial charge is 0.217 e. The van der Waals surface area contributed by atoms with Gasteiger partial charge in [0.2, 0.25) is 5.91 Å². The molecule has 4 atom stereocenters. The molecule has 1 fully saturated rings. The molecule has 0 bridgehead atoms. The van der Waals surface area contributed by atoms with Gasteiger partial charge in [0.15, 0.2) is 11.4 Å². The van der Waals surface area contributed by atoms with E-state index in [0.717, 1.165) is 33.4 Å². The topological polar surface area (TPSA) is 85.6 Å². The standard InChI is InChI=1S/C31H31Cl2N3O4/c1-19-27(16-36-18-35-29(32)30(36)33)39-31(40-28(19)23-11-9-21(17-37)10-12-23)26-8-4-7-25(14-26)24-6-3-5-22(13-24)15-34-20(2)38/h3-14,18-19,27-28,31,37H,15-17H2,1-2H3,(H,34,38). The van der Waals surface area contributed by atoms with Crippen LogP contribution in [0.4, 0.5) is 0 Å². The van der Waals surface area contributed by atoms with E-state index in [-0.39, 0.29) is 35.8 Å². The SMILES string of the molecule is CC(=O)NCc1cccc(-c2cccc(C3OC(Cn4cnc(Cl)c4Cl)C(C)C(c4ccc(CO)cc4)O3)c2)c1. The molecule has 1 aliphatic heterocycles. The minimum absolute atomic E-state index is 0.0194. The molecule has 4 unspecified atom stereocenters. The number of ether oxygens (including phenoxy) is 2. The van der Waals surface area contributed by atoms with Gasteiger partial charge in [0.05, 0.1) is 31.7 Å². The monoisotopic (exact) mass is 579 g/mol. The van der Waals surface area contributed by atoms with Gasteiger partial charge in [0.1, 0.15) is 5.15 Å². The number of nitrogens with one attached hydrogen (secondary N) is 1. The Morgan fingerprint density at radius 2 is 1.70 bits per heavy atom. The van der Waals surface area contributed by atoms with Crippen LogP contribution in [0.25, 0.3) is 11.1 Å². The third kappa shape index (κ3) is 6.40. The highest BCUT2D eigenvalue weighted by atomic mass is 35.5. The number of carbonyl (C=O) groups is 1. The van der Waals surface area contributed by atoms with Gasteiger partial charge in [-0.25, -0.2) is 4.98 Å². The van der Waals surface area contributed by atoms with Crippen LogP contribution in [0.5, 0.6) is 0 Å². The van der Waals surface area contributed by atoms with Gasteiger partial charge in [-0.3, -0.25) is 4.79 Å². The van der Waals surface area contributed by atoms with Crippen LogP contribution in [0, 0.1) is 5.92 Å². The van der Waals surface area contributed by atoms with Crippen molar-refractivity contribution in [2.75, 3.05) is 0 Å². The number of amides is 1. The van der Waals surface area contributed by atoms with Gasteiger partial charge >= 0.3 is 0 Å². The molecule has 4 aromatic rings. The number of hydrogen-bond acceptors (Lipinski definition) is 5. The summed E-state index contributed by atoms with van der Waals surface area (Å²) in [5.74, 6) is -0.0929. The predicted octanol–water partition coefficient (Wildman–Crippen LogP) is 6.48. The highest BCUT2D eigenvalue weighted by Gasteiger charge is 2.39. The van der Waals surface area contributed by atoms with Crippen molar-refractivity contribution in [3.05, 3.63) is 112 Å². The van der Waals surface area contributed by atoms with E-state index in [9.17, 15) is 9.90 Å². The number of halogens is 2. The van der Waals surface area contributed by atoms with Crippen LogP contribution in [0.2, 0.25) is 10.3 Å². The van der Waals surface area contributed by atoms with Crippen molar-refractivity contribution < 1.29 is 19.4 Å². The van der Waals surface area contributed by atoms with Crippen LogP contribution in [0.1, 0.15) is 48.5 Å². The maximum absolute atomic E-state index is 11.4. The minimum Gasteiger partial charge on any atom is -0.392 e. The van der Waals surface area contributed by atoms with Crippen LogP contribution in [-0.4, -0.2) is 26.7 Å². The maximum atomic E-state index is 11.4. The highest BCUT2D eigenvalue weighted by molar-refractivity contribution is 6.40. The summed E-state index contributed by atoms with van der Waals surface area (Å²) in [6.45, 7) is 4.50. The Morgan fingerprint density at radius 3 is 2.38 bits per heavy atom. The number of aliphatic hydroxyl groups excluding tert-OH is 1. The van der Waals surface area contributed by atoms with E-state index in [1.165, 1.54) is 6.92 Å². The second-order valence-corrected chi connectivity index (χ2v) is 10.8. The molecule has 1 aromatic heterocycles. The quantitative estimate of drug-likeness (QED) is 0.249. The molecule has 9 heteroatoms. The van der Waals surface area contributed by atoms with Crippen molar-refractivity contribution in [2.45, 2.75) is 52.0 Å². The molecule has 5 rings (SSSR count). The Kier molecular flexibility index (Phi) is 8.88. The van der Waals surface area contributed by atoms with Crippen LogP contribution in [0.3, 0.4) is 0 Å². The summed E-state index contributed by atoms with van der Waals surface area (Å²) >= 11 is 12.5. The Balaban J connectivity index is 1.45. The van der Waals surface area contributed by atoms with E-state index in [1.54, 1.807) is 10.9 Å². The summed E-state index contributed by atoms with van der Waals surface area (Å²) < 4.78 is 15.0. The van der Waals surface area contributed by atoms with Gasteiger partial charge < -0.3 is 24.5 Å². The molecule has 0 spiro atoms. The first-order valence-corrected chi connectivity index (χ1v) is 13.9. The van der Waals surface area contributed by atoms with Crippen LogP contribution in [-0.2, 0) is 34.0 Å². The van der Waals surface area contributed by atoms with E-state index in [2.05, 4.69) is 29.4 Å². The number of benzene rings is 3. The average Bonchev–Trinajstić information content (AvgIpc) is 3.29. The highest BCUT2D eigenvalue weighted by Crippen LogP contribution is 2.43. The number of aromatic nitrogens is 2. The maximum Gasteiger partial charge on any atom is 0.217 e. The van der Waals surface area contributed by atoms with Gasteiger partial charge in [-0.15, -0.1) is 0 Å². The van der Waals surface area contributed by atoms with Crippen molar-refractivity contribution in [2.24, 2.45) is 5.92 Å². The number of carbonyl (C=O) groups excluding carboxylic acids is 1. The van der Waals surface area contributed by atoms with Gasteiger partial charge in [0, 0.05) is 24.9 Å². The molecule has 1 aliphatic rings. The van der Waals surface area contributed by atoms with Gasteiger partial charge in [-0.05, 0) is 39.9 Å². The van der Waals surface area contributed by atoms with Crippen molar-refractivity contribution in [3.8, 4) is 11.1 Å². The molecule has 0 aliphatic carbocycles. The van der Waals surface area contributed by atoms with E-state index in [0.29, 0.717) is 18.2 Å². The number of hydrogen-bond donors (Lipinski definition) is 2. The number of rotatable bonds is 8. The Bertz CT molecular complexity index is 1470. The van der Waals surface area contributed by atoms with Crippen molar-refractivity contribution in [1.82, 2.24) is 14.9 Å². The Morgan fingerprint density at radius 1 is 0.975 bits per heavy atom. The third-order valence-corrected chi connectivity index (χ3v) is 7.96. The first-order valence-electron chi connectivity index (χ1n) is 13.1. The lowest BCUT2D eigenvalue weighted by Gasteiger charge is -2.41. The summed E-state index contributed by atoms with van der Waals surface area (Å²) in [4.78, 5) is 15.5. The summed E-state index contributed by atoms with van der Waals surface area (Å²) in [5.41, 5.74) is 5.77. The van der Waals surface area contributed by atoms with E-state index < -0.39 is 6.29 Å². The first kappa shape index (κ1) is 28.3. The molecular formula is C31H31Cl2N3O4. The van der Waals surface area contributed by atoms with Gasteiger partial charge in [-0.2, -0.15) is 0 Å². The third-order valence-electron chi connectivity index (χ3n) is 7.19. The first-order chi connectivity index (χ1) is 19.3. The second-order valence-electron chi connectivity index (χ2n) is 10.0. The number of nitrogens with zero attached hydrogens (tertiary/aromatic N) is 2. The zero-order chi connectivity index (χ0) is 28.2. The summed E-state index contributed by atoms with van der Waals surface area (Å²) in [6, 6.07) is 24.0. The zero-order valence-corrected chi connectivity index (χ0v) is 23.8. The molecular weight excluding hydrogens is 549 g/mol. The summed E-state index contributed by atoms with van der Waals surface area (Å²) in [5, 5.41) is 13.0. The van der Waals surface area contributed by atoms with Crippen LogP contribution in [0.15, 0.2) is 79.1 Å². The molecule has 3 aromatic carbocycles. The molecule has 208 valence electrons. The zero-order valence-electron chi connectivity index (χ0n) is 22.3. The average molecular weight is 581 g/mol. The van der Waals surface area contributed by atoms with E-state index in [4.69, 9.17) is 32.7 Å². The van der Waals surface area contributed by atoms with E-state index >= 15 is 0 Å². The largest absolute Gasteiger partial charge is 0.392 e. The minimum atomic E-state index is -0.635. The molecule has 0 saturated carbocycles. The van der Waals surface area contributed by atoms with Crippen LogP contribution >= 0.6 is 23.2 Å². The lowest BCUT2D eigenvalue weighted by atomic mass is 9.90. The normalized spacial score (nSPS) is 20.8. The fourth-order valence-corrected chi connectivity index (χ4v) is 5.26. The van der Waals surface area contributed by atoms with Crippen molar-refractivity contribution in [3.63, 3.8) is 0 Å². The fourth-order valence-electron chi connectivity index (χ4n) is 4.94. The second kappa shape index (κ2) is 12.5. The van der Waals surface area contributed by atoms with Gasteiger partial charge in [-0.1, -0.05) is 90.8 Å². The predicted molar refractivity (Wildman–Crippen MR) is 155 cm³/mol. The molecule has 2 heterocycles. The van der Waals surface area contributed by atoms with Crippen molar-refractivity contribution >= 4 is 29.1 Å². The molecule has 1 saturated heterocycles. The van der Waals surface area contributed by atoms with Gasteiger partial charge in [0.25, 0.3) is 0 Å². The van der Waals surface area contributed by atoms with E-state index in [1.807, 2.05) is 60.7 Å². The summed E-state index contributed by atoms with van der Waals surface area (Å²) in [7, 11) is 0. The molecule has 40 heavy (non-hydrogen) atoms.